The average Bonchev–Trinajstić information content (AvgIpc) is 2.43. The van der Waals surface area contributed by atoms with Gasteiger partial charge in [-0.2, -0.15) is 0 Å². The molecule has 0 heterocycles. The number of unbranched alkanes of at least 4 members (excludes halogenated alkanes) is 4. The number of nitrogens with two attached hydrogens (primary N) is 1. The zero-order valence-electron chi connectivity index (χ0n) is 11.8. The first kappa shape index (κ1) is 13.7. The summed E-state index contributed by atoms with van der Waals surface area (Å²) >= 11 is 0. The van der Waals surface area contributed by atoms with Crippen molar-refractivity contribution in [3.05, 3.63) is 36.4 Å². The van der Waals surface area contributed by atoms with Crippen LogP contribution >= 0.6 is 0 Å². The van der Waals surface area contributed by atoms with Gasteiger partial charge in [-0.15, -0.1) is 0 Å². The minimum atomic E-state index is 0.853. The van der Waals surface area contributed by atoms with Crippen LogP contribution in [0.3, 0.4) is 0 Å². The molecule has 19 heavy (non-hydrogen) atoms. The van der Waals surface area contributed by atoms with Crippen LogP contribution in [0.4, 0.5) is 11.4 Å². The molecule has 0 aliphatic heterocycles. The molecule has 0 saturated heterocycles. The maximum absolute atomic E-state index is 6.09. The number of benzene rings is 2. The van der Waals surface area contributed by atoms with Gasteiger partial charge >= 0.3 is 0 Å². The summed E-state index contributed by atoms with van der Waals surface area (Å²) in [6.07, 6.45) is 6.52. The Morgan fingerprint density at radius 1 is 0.947 bits per heavy atom. The Kier molecular flexibility index (Phi) is 5.08. The monoisotopic (exact) mass is 256 g/mol. The summed E-state index contributed by atoms with van der Waals surface area (Å²) in [5, 5.41) is 5.88. The second-order valence-electron chi connectivity index (χ2n) is 5.09. The van der Waals surface area contributed by atoms with Crippen LogP contribution in [-0.4, -0.2) is 6.54 Å². The van der Waals surface area contributed by atoms with E-state index in [0.717, 1.165) is 23.3 Å². The molecule has 102 valence electrons. The van der Waals surface area contributed by atoms with Crippen molar-refractivity contribution in [1.82, 2.24) is 0 Å². The first-order valence-corrected chi connectivity index (χ1v) is 7.34. The summed E-state index contributed by atoms with van der Waals surface area (Å²) in [4.78, 5) is 0. The maximum Gasteiger partial charge on any atom is 0.0440 e. The molecule has 0 fully saturated rings. The quantitative estimate of drug-likeness (QED) is 0.551. The van der Waals surface area contributed by atoms with Crippen molar-refractivity contribution in [2.75, 3.05) is 17.6 Å². The molecule has 2 aromatic carbocycles. The molecule has 0 saturated carbocycles. The van der Waals surface area contributed by atoms with Crippen LogP contribution in [0.5, 0.6) is 0 Å². The summed E-state index contributed by atoms with van der Waals surface area (Å²) in [6, 6.07) is 12.4. The van der Waals surface area contributed by atoms with E-state index in [0.29, 0.717) is 0 Å². The lowest BCUT2D eigenvalue weighted by Gasteiger charge is -2.11. The minimum absolute atomic E-state index is 0.853. The van der Waals surface area contributed by atoms with Crippen molar-refractivity contribution in [2.45, 2.75) is 39.0 Å². The minimum Gasteiger partial charge on any atom is -0.398 e. The number of rotatable bonds is 7. The molecule has 2 nitrogen and oxygen atoms in total. The average molecular weight is 256 g/mol. The SMILES string of the molecule is CCCCCCCNc1cccc2cccc(N)c12. The van der Waals surface area contributed by atoms with E-state index in [2.05, 4.69) is 36.5 Å². The van der Waals surface area contributed by atoms with Gasteiger partial charge in [0, 0.05) is 23.3 Å². The van der Waals surface area contributed by atoms with E-state index in [-0.39, 0.29) is 0 Å². The van der Waals surface area contributed by atoms with Gasteiger partial charge in [-0.3, -0.25) is 0 Å². The Hall–Kier alpha value is -1.70. The fourth-order valence-electron chi connectivity index (χ4n) is 2.47. The van der Waals surface area contributed by atoms with Crippen molar-refractivity contribution in [2.24, 2.45) is 0 Å². The summed E-state index contributed by atoms with van der Waals surface area (Å²) in [7, 11) is 0. The molecule has 0 spiro atoms. The predicted molar refractivity (Wildman–Crippen MR) is 85.6 cm³/mol. The van der Waals surface area contributed by atoms with Crippen molar-refractivity contribution in [3.8, 4) is 0 Å². The van der Waals surface area contributed by atoms with Crippen LogP contribution in [0.1, 0.15) is 39.0 Å². The lowest BCUT2D eigenvalue weighted by Crippen LogP contribution is -2.02. The molecule has 2 aromatic rings. The Bertz CT molecular complexity index is 514. The number of hydrogen-bond donors (Lipinski definition) is 2. The first-order chi connectivity index (χ1) is 9.33. The molecule has 2 heteroatoms. The Balaban J connectivity index is 1.97. The smallest absolute Gasteiger partial charge is 0.0440 e. The Morgan fingerprint density at radius 2 is 1.68 bits per heavy atom. The highest BCUT2D eigenvalue weighted by molar-refractivity contribution is 6.02. The third-order valence-electron chi connectivity index (χ3n) is 3.53. The van der Waals surface area contributed by atoms with Crippen LogP contribution in [0.15, 0.2) is 36.4 Å². The van der Waals surface area contributed by atoms with E-state index in [1.807, 2.05) is 12.1 Å². The van der Waals surface area contributed by atoms with Crippen molar-refractivity contribution in [3.63, 3.8) is 0 Å². The van der Waals surface area contributed by atoms with E-state index >= 15 is 0 Å². The largest absolute Gasteiger partial charge is 0.398 e. The zero-order valence-corrected chi connectivity index (χ0v) is 11.8. The molecule has 0 amide bonds. The van der Waals surface area contributed by atoms with Crippen LogP contribution in [0, 0.1) is 0 Å². The molecule has 2 rings (SSSR count). The third kappa shape index (κ3) is 3.63. The maximum atomic E-state index is 6.09. The number of hydrogen-bond acceptors (Lipinski definition) is 2. The van der Waals surface area contributed by atoms with E-state index in [9.17, 15) is 0 Å². The summed E-state index contributed by atoms with van der Waals surface area (Å²) in [6.45, 7) is 3.27. The van der Waals surface area contributed by atoms with Crippen molar-refractivity contribution >= 4 is 22.1 Å². The van der Waals surface area contributed by atoms with Crippen LogP contribution in [0.2, 0.25) is 0 Å². The van der Waals surface area contributed by atoms with Gasteiger partial charge in [0.1, 0.15) is 0 Å². The zero-order chi connectivity index (χ0) is 13.5. The standard InChI is InChI=1S/C17H24N2/c1-2-3-4-5-6-13-19-16-12-8-10-14-9-7-11-15(18)17(14)16/h7-12,19H,2-6,13,18H2,1H3. The number of anilines is 2. The van der Waals surface area contributed by atoms with Crippen molar-refractivity contribution in [1.29, 1.82) is 0 Å². The molecule has 0 bridgehead atoms. The van der Waals surface area contributed by atoms with E-state index < -0.39 is 0 Å². The van der Waals surface area contributed by atoms with Crippen LogP contribution in [0.25, 0.3) is 10.8 Å². The molecule has 0 aliphatic carbocycles. The van der Waals surface area contributed by atoms with Crippen LogP contribution in [-0.2, 0) is 0 Å². The first-order valence-electron chi connectivity index (χ1n) is 7.34. The fourth-order valence-corrected chi connectivity index (χ4v) is 2.47. The molecule has 0 radical (unpaired) electrons. The van der Waals surface area contributed by atoms with Gasteiger partial charge in [0.15, 0.2) is 0 Å². The molecular formula is C17H24N2. The van der Waals surface area contributed by atoms with Gasteiger partial charge in [-0.1, -0.05) is 56.9 Å². The van der Waals surface area contributed by atoms with Gasteiger partial charge in [0.05, 0.1) is 0 Å². The number of nitrogen functional groups attached to an aromatic ring is 1. The molecule has 0 aromatic heterocycles. The molecule has 0 atom stereocenters. The van der Waals surface area contributed by atoms with Gasteiger partial charge in [-0.25, -0.2) is 0 Å². The predicted octanol–water partition coefficient (Wildman–Crippen LogP) is 4.80. The number of fused-ring (bicyclic) bond motifs is 1. The van der Waals surface area contributed by atoms with Gasteiger partial charge < -0.3 is 11.1 Å². The van der Waals surface area contributed by atoms with E-state index in [1.165, 1.54) is 37.5 Å². The van der Waals surface area contributed by atoms with Crippen molar-refractivity contribution < 1.29 is 0 Å². The topological polar surface area (TPSA) is 38.0 Å². The highest BCUT2D eigenvalue weighted by Gasteiger charge is 2.03. The molecule has 0 aliphatic rings. The highest BCUT2D eigenvalue weighted by Crippen LogP contribution is 2.28. The Morgan fingerprint density at radius 3 is 2.47 bits per heavy atom. The Labute approximate surface area is 116 Å². The molecule has 3 N–H and O–H groups in total. The summed E-state index contributed by atoms with van der Waals surface area (Å²) in [5.41, 5.74) is 8.10. The third-order valence-corrected chi connectivity index (χ3v) is 3.53. The lowest BCUT2D eigenvalue weighted by atomic mass is 10.1. The van der Waals surface area contributed by atoms with E-state index in [4.69, 9.17) is 5.73 Å². The second-order valence-corrected chi connectivity index (χ2v) is 5.09. The van der Waals surface area contributed by atoms with Gasteiger partial charge in [-0.05, 0) is 23.9 Å². The molecule has 0 unspecified atom stereocenters. The molecular weight excluding hydrogens is 232 g/mol. The normalized spacial score (nSPS) is 10.8. The highest BCUT2D eigenvalue weighted by atomic mass is 14.9. The lowest BCUT2D eigenvalue weighted by molar-refractivity contribution is 0.645. The van der Waals surface area contributed by atoms with E-state index in [1.54, 1.807) is 0 Å². The summed E-state index contributed by atoms with van der Waals surface area (Å²) < 4.78 is 0. The van der Waals surface area contributed by atoms with Crippen LogP contribution < -0.4 is 11.1 Å². The second kappa shape index (κ2) is 7.03. The number of nitrogens with one attached hydrogen (secondary N) is 1. The fraction of sp³-hybridized carbons (Fsp3) is 0.412. The van der Waals surface area contributed by atoms with Gasteiger partial charge in [0.2, 0.25) is 0 Å². The summed E-state index contributed by atoms with van der Waals surface area (Å²) in [5.74, 6) is 0. The van der Waals surface area contributed by atoms with Gasteiger partial charge in [0.25, 0.3) is 0 Å².